The van der Waals surface area contributed by atoms with Gasteiger partial charge in [-0.25, -0.2) is 0 Å². The first-order valence-electron chi connectivity index (χ1n) is 5.70. The average molecular weight is 229 g/mol. The Morgan fingerprint density at radius 2 is 2.12 bits per heavy atom. The van der Waals surface area contributed by atoms with Crippen LogP contribution in [0.25, 0.3) is 0 Å². The van der Waals surface area contributed by atoms with E-state index in [4.69, 9.17) is 4.74 Å². The first kappa shape index (κ1) is 13.2. The molecule has 0 radical (unpaired) electrons. The Hall–Kier alpha value is -1.83. The molecule has 0 aromatic carbocycles. The molecule has 2 nitrogen and oxygen atoms in total. The number of hydrogen-bond donors (Lipinski definition) is 0. The van der Waals surface area contributed by atoms with Crippen molar-refractivity contribution in [2.75, 3.05) is 7.05 Å². The molecule has 1 aliphatic carbocycles. The van der Waals surface area contributed by atoms with Crippen molar-refractivity contribution in [1.29, 1.82) is 0 Å². The van der Waals surface area contributed by atoms with Crippen molar-refractivity contribution in [1.82, 2.24) is 0 Å². The van der Waals surface area contributed by atoms with Crippen LogP contribution in [-0.2, 0) is 4.74 Å². The summed E-state index contributed by atoms with van der Waals surface area (Å²) in [5.74, 6) is 0.899. The second kappa shape index (κ2) is 7.44. The van der Waals surface area contributed by atoms with E-state index in [2.05, 4.69) is 23.2 Å². The molecule has 0 spiro atoms. The Kier molecular flexibility index (Phi) is 5.80. The Labute approximate surface area is 103 Å². The third-order valence-electron chi connectivity index (χ3n) is 2.26. The van der Waals surface area contributed by atoms with Gasteiger partial charge in [-0.15, -0.1) is 0 Å². The van der Waals surface area contributed by atoms with Crippen LogP contribution in [0, 0.1) is 0 Å². The lowest BCUT2D eigenvalue weighted by molar-refractivity contribution is 0.361. The zero-order valence-electron chi connectivity index (χ0n) is 10.7. The van der Waals surface area contributed by atoms with Gasteiger partial charge in [-0.2, -0.15) is 0 Å². The summed E-state index contributed by atoms with van der Waals surface area (Å²) in [7, 11) is 1.75. The molecule has 0 aromatic rings. The third-order valence-corrected chi connectivity index (χ3v) is 2.26. The van der Waals surface area contributed by atoms with Crippen LogP contribution in [0.15, 0.2) is 64.6 Å². The van der Waals surface area contributed by atoms with Crippen molar-refractivity contribution in [2.45, 2.75) is 20.3 Å². The molecule has 0 N–H and O–H groups in total. The zero-order valence-corrected chi connectivity index (χ0v) is 10.7. The summed E-state index contributed by atoms with van der Waals surface area (Å²) in [5.41, 5.74) is 2.19. The van der Waals surface area contributed by atoms with Crippen LogP contribution in [0.4, 0.5) is 0 Å². The molecule has 90 valence electrons. The lowest BCUT2D eigenvalue weighted by Gasteiger charge is -2.04. The number of ether oxygens (including phenoxy) is 1. The number of rotatable bonds is 4. The van der Waals surface area contributed by atoms with E-state index in [1.807, 2.05) is 32.1 Å². The van der Waals surface area contributed by atoms with E-state index < -0.39 is 0 Å². The van der Waals surface area contributed by atoms with Gasteiger partial charge in [0.25, 0.3) is 0 Å². The van der Waals surface area contributed by atoms with Crippen molar-refractivity contribution in [3.05, 3.63) is 59.6 Å². The molecule has 1 rings (SSSR count). The molecule has 1 aliphatic rings. The van der Waals surface area contributed by atoms with Gasteiger partial charge in [0.05, 0.1) is 6.26 Å². The van der Waals surface area contributed by atoms with Crippen LogP contribution in [-0.4, -0.2) is 13.3 Å². The first-order valence-corrected chi connectivity index (χ1v) is 5.70. The van der Waals surface area contributed by atoms with Gasteiger partial charge in [0.2, 0.25) is 0 Å². The minimum Gasteiger partial charge on any atom is -0.464 e. The topological polar surface area (TPSA) is 21.6 Å². The summed E-state index contributed by atoms with van der Waals surface area (Å²) < 4.78 is 5.65. The van der Waals surface area contributed by atoms with Gasteiger partial charge in [-0.1, -0.05) is 24.3 Å². The minimum absolute atomic E-state index is 0.899. The van der Waals surface area contributed by atoms with E-state index in [-0.39, 0.29) is 0 Å². The maximum absolute atomic E-state index is 5.65. The summed E-state index contributed by atoms with van der Waals surface area (Å²) in [5, 5.41) is 0. The molecule has 0 unspecified atom stereocenters. The fourth-order valence-corrected chi connectivity index (χ4v) is 1.32. The van der Waals surface area contributed by atoms with E-state index in [1.54, 1.807) is 19.5 Å². The van der Waals surface area contributed by atoms with Gasteiger partial charge in [0.1, 0.15) is 5.76 Å². The van der Waals surface area contributed by atoms with Crippen LogP contribution in [0.5, 0.6) is 0 Å². The van der Waals surface area contributed by atoms with Gasteiger partial charge in [0, 0.05) is 13.3 Å². The van der Waals surface area contributed by atoms with E-state index in [9.17, 15) is 0 Å². The fraction of sp³-hybridized carbons (Fsp3) is 0.267. The summed E-state index contributed by atoms with van der Waals surface area (Å²) in [6.45, 7) is 4.04. The highest BCUT2D eigenvalue weighted by molar-refractivity contribution is 5.71. The predicted molar refractivity (Wildman–Crippen MR) is 74.0 cm³/mol. The lowest BCUT2D eigenvalue weighted by Crippen LogP contribution is -1.86. The largest absolute Gasteiger partial charge is 0.464 e. The standard InChI is InChI=1S/C15H19NO/c1-13(8-7-11-16-3)12-17-15-10-6-4-5-9-14(15)2/h5-12H,4H2,1-3H3/b8-7-,13-12+,16-11?. The number of aliphatic imine (C=N–C) groups is 1. The van der Waals surface area contributed by atoms with Crippen LogP contribution in [0.3, 0.4) is 0 Å². The Morgan fingerprint density at radius 1 is 1.35 bits per heavy atom. The van der Waals surface area contributed by atoms with Crippen molar-refractivity contribution < 1.29 is 4.74 Å². The van der Waals surface area contributed by atoms with Crippen LogP contribution >= 0.6 is 0 Å². The summed E-state index contributed by atoms with van der Waals surface area (Å²) in [6.07, 6.45) is 16.6. The molecule has 0 heterocycles. The van der Waals surface area contributed by atoms with Crippen molar-refractivity contribution in [3.8, 4) is 0 Å². The molecule has 0 saturated heterocycles. The predicted octanol–water partition coefficient (Wildman–Crippen LogP) is 3.95. The SMILES string of the molecule is CN=C/C=C\C(C)=C\OC1=C(C)C=CCC=C1. The summed E-state index contributed by atoms with van der Waals surface area (Å²) in [4.78, 5) is 3.87. The van der Waals surface area contributed by atoms with Crippen LogP contribution in [0.2, 0.25) is 0 Å². The number of allylic oxidation sites excluding steroid dienone is 8. The van der Waals surface area contributed by atoms with Crippen LogP contribution < -0.4 is 0 Å². The normalized spacial score (nSPS) is 17.2. The van der Waals surface area contributed by atoms with Gasteiger partial charge in [-0.05, 0) is 43.6 Å². The molecule has 17 heavy (non-hydrogen) atoms. The zero-order chi connectivity index (χ0) is 12.5. The molecular weight excluding hydrogens is 210 g/mol. The molecule has 2 heteroatoms. The maximum atomic E-state index is 5.65. The minimum atomic E-state index is 0.899. The molecule has 0 aromatic heterocycles. The second-order valence-electron chi connectivity index (χ2n) is 3.83. The number of nitrogens with zero attached hydrogens (tertiary/aromatic N) is 1. The lowest BCUT2D eigenvalue weighted by atomic mass is 10.2. The quantitative estimate of drug-likeness (QED) is 0.406. The number of hydrogen-bond acceptors (Lipinski definition) is 2. The third kappa shape index (κ3) is 5.16. The Bertz CT molecular complexity index is 420. The molecule has 0 bridgehead atoms. The molecule has 0 fully saturated rings. The van der Waals surface area contributed by atoms with Gasteiger partial charge < -0.3 is 4.74 Å². The maximum Gasteiger partial charge on any atom is 0.129 e. The van der Waals surface area contributed by atoms with Crippen LogP contribution in [0.1, 0.15) is 20.3 Å². The highest BCUT2D eigenvalue weighted by Crippen LogP contribution is 2.14. The second-order valence-corrected chi connectivity index (χ2v) is 3.83. The highest BCUT2D eigenvalue weighted by Gasteiger charge is 1.98. The summed E-state index contributed by atoms with van der Waals surface area (Å²) in [6, 6.07) is 0. The van der Waals surface area contributed by atoms with E-state index >= 15 is 0 Å². The highest BCUT2D eigenvalue weighted by atomic mass is 16.5. The first-order chi connectivity index (χ1) is 8.24. The van der Waals surface area contributed by atoms with E-state index in [1.165, 1.54) is 0 Å². The monoisotopic (exact) mass is 229 g/mol. The average Bonchev–Trinajstić information content (AvgIpc) is 2.52. The van der Waals surface area contributed by atoms with E-state index in [0.29, 0.717) is 0 Å². The molecule has 0 saturated carbocycles. The molecule has 0 atom stereocenters. The Morgan fingerprint density at radius 3 is 2.88 bits per heavy atom. The molecule has 0 amide bonds. The van der Waals surface area contributed by atoms with Crippen molar-refractivity contribution >= 4 is 6.21 Å². The van der Waals surface area contributed by atoms with E-state index in [0.717, 1.165) is 23.3 Å². The smallest absolute Gasteiger partial charge is 0.129 e. The summed E-state index contributed by atoms with van der Waals surface area (Å²) >= 11 is 0. The molecule has 0 aliphatic heterocycles. The van der Waals surface area contributed by atoms with Gasteiger partial charge in [-0.3, -0.25) is 4.99 Å². The van der Waals surface area contributed by atoms with Crippen molar-refractivity contribution in [3.63, 3.8) is 0 Å². The Balaban J connectivity index is 2.65. The van der Waals surface area contributed by atoms with Gasteiger partial charge in [0.15, 0.2) is 0 Å². The van der Waals surface area contributed by atoms with Gasteiger partial charge >= 0.3 is 0 Å². The molecular formula is C15H19NO. The van der Waals surface area contributed by atoms with Crippen molar-refractivity contribution in [2.24, 2.45) is 4.99 Å². The fourth-order valence-electron chi connectivity index (χ4n) is 1.32.